The van der Waals surface area contributed by atoms with Gasteiger partial charge in [0.2, 0.25) is 19.9 Å². The zero-order chi connectivity index (χ0) is 21.7. The van der Waals surface area contributed by atoms with Gasteiger partial charge in [-0.15, -0.1) is 10.2 Å². The molecular weight excluding hydrogens is 428 g/mol. The highest BCUT2D eigenvalue weighted by Crippen LogP contribution is 2.37. The Morgan fingerprint density at radius 1 is 1.30 bits per heavy atom. The first kappa shape index (κ1) is 20.1. The van der Waals surface area contributed by atoms with E-state index in [4.69, 9.17) is 4.74 Å². The van der Waals surface area contributed by atoms with Crippen LogP contribution in [0.15, 0.2) is 35.6 Å². The predicted molar refractivity (Wildman–Crippen MR) is 96.4 cm³/mol. The molecule has 3 heterocycles. The van der Waals surface area contributed by atoms with E-state index in [0.717, 1.165) is 21.1 Å². The Morgan fingerprint density at radius 3 is 2.67 bits per heavy atom. The number of aromatic amines is 1. The smallest absolute Gasteiger partial charge is 0.350 e. The largest absolute Gasteiger partial charge is 0.418 e. The molecule has 0 aliphatic carbocycles. The van der Waals surface area contributed by atoms with E-state index in [9.17, 15) is 27.6 Å². The number of nitrogens with one attached hydrogen (secondary N) is 1. The summed E-state index contributed by atoms with van der Waals surface area (Å²) in [6.07, 6.45) is -0.936. The van der Waals surface area contributed by atoms with Crippen LogP contribution in [0.5, 0.6) is 0 Å². The van der Waals surface area contributed by atoms with E-state index in [1.807, 2.05) is 0 Å². The van der Waals surface area contributed by atoms with E-state index >= 15 is 0 Å². The van der Waals surface area contributed by atoms with E-state index in [0.29, 0.717) is 0 Å². The number of rotatable bonds is 5. The summed E-state index contributed by atoms with van der Waals surface area (Å²) in [6.45, 7) is 1.46. The van der Waals surface area contributed by atoms with Crippen molar-refractivity contribution in [3.63, 3.8) is 0 Å². The summed E-state index contributed by atoms with van der Waals surface area (Å²) in [5.41, 5.74) is -5.15. The molecule has 0 saturated carbocycles. The molecule has 1 unspecified atom stereocenters. The van der Waals surface area contributed by atoms with E-state index in [1.54, 1.807) is 0 Å². The minimum Gasteiger partial charge on any atom is -0.350 e. The first-order valence-corrected chi connectivity index (χ1v) is 9.23. The van der Waals surface area contributed by atoms with Crippen LogP contribution in [-0.4, -0.2) is 40.8 Å². The summed E-state index contributed by atoms with van der Waals surface area (Å²) >= 11 is 0. The maximum atomic E-state index is 13.7. The number of hydrogen-bond donors (Lipinski definition) is 2. The molecule has 0 radical (unpaired) electrons. The second kappa shape index (κ2) is 6.97. The number of imidazole rings is 1. The minimum absolute atomic E-state index is 0.0167. The Bertz CT molecular complexity index is 1320. The molecular formula is C16H12F3N6O4P. The Balaban J connectivity index is 2.16. The van der Waals surface area contributed by atoms with Crippen LogP contribution in [0.3, 0.4) is 0 Å². The molecule has 30 heavy (non-hydrogen) atoms. The summed E-state index contributed by atoms with van der Waals surface area (Å²) in [6, 6.07) is 1.88. The van der Waals surface area contributed by atoms with Crippen molar-refractivity contribution in [3.05, 3.63) is 52.6 Å². The van der Waals surface area contributed by atoms with Crippen LogP contribution in [0.2, 0.25) is 0 Å². The highest BCUT2D eigenvalue weighted by Gasteiger charge is 2.39. The van der Waals surface area contributed by atoms with Gasteiger partial charge in [0.25, 0.3) is 5.56 Å². The highest BCUT2D eigenvalue weighted by atomic mass is 31.1. The maximum Gasteiger partial charge on any atom is 0.418 e. The fourth-order valence-corrected chi connectivity index (χ4v) is 3.49. The zero-order valence-corrected chi connectivity index (χ0v) is 16.0. The lowest BCUT2D eigenvalue weighted by atomic mass is 10.1. The van der Waals surface area contributed by atoms with Gasteiger partial charge in [-0.2, -0.15) is 13.2 Å². The van der Waals surface area contributed by atoms with Crippen LogP contribution in [0.25, 0.3) is 22.4 Å². The van der Waals surface area contributed by atoms with Gasteiger partial charge < -0.3 is 19.4 Å². The molecule has 0 saturated heterocycles. The molecule has 14 heteroatoms. The average Bonchev–Trinajstić information content (AvgIpc) is 3.37. The van der Waals surface area contributed by atoms with E-state index < -0.39 is 37.1 Å². The molecule has 0 bridgehead atoms. The predicted octanol–water partition coefficient (Wildman–Crippen LogP) is 2.21. The number of aliphatic hydroxyl groups is 1. The molecule has 0 fully saturated rings. The van der Waals surface area contributed by atoms with Crippen molar-refractivity contribution < 1.29 is 27.6 Å². The van der Waals surface area contributed by atoms with Gasteiger partial charge in [-0.3, -0.25) is 13.8 Å². The second-order valence-corrected chi connectivity index (χ2v) is 6.91. The molecule has 156 valence electrons. The van der Waals surface area contributed by atoms with Gasteiger partial charge in [0.05, 0.1) is 28.6 Å². The molecule has 1 aromatic carbocycles. The Hall–Kier alpha value is -3.15. The van der Waals surface area contributed by atoms with E-state index in [-0.39, 0.29) is 29.0 Å². The molecule has 2 N–H and O–H groups in total. The van der Waals surface area contributed by atoms with Crippen molar-refractivity contribution in [2.45, 2.75) is 18.6 Å². The van der Waals surface area contributed by atoms with Crippen molar-refractivity contribution in [2.24, 2.45) is 0 Å². The minimum atomic E-state index is -4.74. The molecule has 10 nitrogen and oxygen atoms in total. The standard InChI is InChI=1S/C16H12F3N6O4P/c1-2-29-16(27,30-28)14-23-22-12-13(26)21-9-5-8(15(17,18)19)10(6-11(9)25(12)14)24-4-3-20-7-24/h3-7,27H,2H2,1H3,(H,21,26). The van der Waals surface area contributed by atoms with Crippen LogP contribution in [0.4, 0.5) is 13.2 Å². The third-order valence-electron chi connectivity index (χ3n) is 4.32. The highest BCUT2D eigenvalue weighted by molar-refractivity contribution is 7.24. The summed E-state index contributed by atoms with van der Waals surface area (Å²) in [5, 5.41) is 18.0. The number of hydrogen-bond acceptors (Lipinski definition) is 7. The third-order valence-corrected chi connectivity index (χ3v) is 4.89. The molecule has 4 rings (SSSR count). The van der Waals surface area contributed by atoms with Crippen LogP contribution in [0.1, 0.15) is 18.3 Å². The zero-order valence-electron chi connectivity index (χ0n) is 15.1. The normalized spacial score (nSPS) is 14.6. The Kier molecular flexibility index (Phi) is 4.68. The molecule has 3 aromatic heterocycles. The first-order valence-electron chi connectivity index (χ1n) is 8.41. The van der Waals surface area contributed by atoms with E-state index in [1.165, 1.54) is 25.6 Å². The quantitative estimate of drug-likeness (QED) is 0.360. The summed E-state index contributed by atoms with van der Waals surface area (Å²) < 4.78 is 59.9. The number of halogens is 3. The van der Waals surface area contributed by atoms with Gasteiger partial charge in [0, 0.05) is 19.0 Å². The van der Waals surface area contributed by atoms with Gasteiger partial charge in [0.1, 0.15) is 0 Å². The molecule has 0 amide bonds. The van der Waals surface area contributed by atoms with E-state index in [2.05, 4.69) is 20.2 Å². The number of aromatic nitrogens is 6. The molecule has 1 atom stereocenters. The van der Waals surface area contributed by atoms with Crippen molar-refractivity contribution in [1.82, 2.24) is 29.1 Å². The lowest BCUT2D eigenvalue weighted by Crippen LogP contribution is -2.26. The van der Waals surface area contributed by atoms with Crippen LogP contribution in [0, 0.1) is 0 Å². The molecule has 0 spiro atoms. The fourth-order valence-electron chi connectivity index (χ4n) is 3.09. The van der Waals surface area contributed by atoms with Crippen molar-refractivity contribution in [1.29, 1.82) is 0 Å². The van der Waals surface area contributed by atoms with Crippen LogP contribution >= 0.6 is 8.46 Å². The number of alkyl halides is 3. The summed E-state index contributed by atoms with van der Waals surface area (Å²) in [4.78, 5) is 18.5. The Labute approximate surface area is 166 Å². The molecule has 0 aliphatic heterocycles. The summed E-state index contributed by atoms with van der Waals surface area (Å²) in [5.74, 6) is -0.427. The topological polar surface area (TPSA) is 127 Å². The second-order valence-electron chi connectivity index (χ2n) is 6.12. The third kappa shape index (κ3) is 3.07. The first-order chi connectivity index (χ1) is 14.2. The van der Waals surface area contributed by atoms with Crippen molar-refractivity contribution in [2.75, 3.05) is 6.61 Å². The van der Waals surface area contributed by atoms with Crippen LogP contribution in [-0.2, 0) is 21.0 Å². The number of benzene rings is 1. The van der Waals surface area contributed by atoms with Gasteiger partial charge >= 0.3 is 11.7 Å². The number of fused-ring (bicyclic) bond motifs is 3. The molecule has 0 aliphatic rings. The fraction of sp³-hybridized carbons (Fsp3) is 0.250. The van der Waals surface area contributed by atoms with Crippen LogP contribution < -0.4 is 5.56 Å². The lowest BCUT2D eigenvalue weighted by molar-refractivity contribution is -0.143. The van der Waals surface area contributed by atoms with Gasteiger partial charge in [0.15, 0.2) is 0 Å². The molecule has 4 aromatic rings. The number of H-pyrrole nitrogens is 1. The van der Waals surface area contributed by atoms with Crippen molar-refractivity contribution in [3.8, 4) is 5.69 Å². The van der Waals surface area contributed by atoms with Crippen molar-refractivity contribution >= 4 is 25.1 Å². The SMILES string of the molecule is CCOC(O)(P=O)c1nnc2c(=O)[nH]c3cc(C(F)(F)F)c(-n4ccnc4)cc3n12. The number of nitrogens with zero attached hydrogens (tertiary/aromatic N) is 5. The Morgan fingerprint density at radius 2 is 2.07 bits per heavy atom. The lowest BCUT2D eigenvalue weighted by Gasteiger charge is -2.19. The van der Waals surface area contributed by atoms with Gasteiger partial charge in [-0.25, -0.2) is 4.98 Å². The average molecular weight is 440 g/mol. The summed E-state index contributed by atoms with van der Waals surface area (Å²) in [7, 11) is -0.902. The number of ether oxygens (including phenoxy) is 1. The van der Waals surface area contributed by atoms with Gasteiger partial charge in [-0.1, -0.05) is 0 Å². The monoisotopic (exact) mass is 440 g/mol. The maximum absolute atomic E-state index is 13.7. The van der Waals surface area contributed by atoms with Gasteiger partial charge in [-0.05, 0) is 19.1 Å².